The van der Waals surface area contributed by atoms with Gasteiger partial charge in [0.1, 0.15) is 6.54 Å². The van der Waals surface area contributed by atoms with Gasteiger partial charge in [-0.2, -0.15) is 0 Å². The minimum absolute atomic E-state index is 0.0707. The second-order valence-electron chi connectivity index (χ2n) is 3.48. The summed E-state index contributed by atoms with van der Waals surface area (Å²) in [6.45, 7) is 1.17. The Kier molecular flexibility index (Phi) is 1.95. The number of nitrogens with zero attached hydrogens (tertiary/aromatic N) is 2. The highest BCUT2D eigenvalue weighted by Gasteiger charge is 2.38. The van der Waals surface area contributed by atoms with Crippen LogP contribution in [0.5, 0.6) is 0 Å². The fourth-order valence-corrected chi connectivity index (χ4v) is 1.79. The van der Waals surface area contributed by atoms with Crippen LogP contribution in [0, 0.1) is 0 Å². The van der Waals surface area contributed by atoms with E-state index >= 15 is 0 Å². The van der Waals surface area contributed by atoms with Crippen molar-refractivity contribution in [2.24, 2.45) is 0 Å². The summed E-state index contributed by atoms with van der Waals surface area (Å²) < 4.78 is 0. The molecule has 0 spiro atoms. The molecule has 2 aliphatic rings. The zero-order valence-corrected chi connectivity index (χ0v) is 7.62. The van der Waals surface area contributed by atoms with Gasteiger partial charge >= 0.3 is 6.03 Å². The zero-order valence-electron chi connectivity index (χ0n) is 7.62. The van der Waals surface area contributed by atoms with Crippen LogP contribution in [-0.4, -0.2) is 48.0 Å². The van der Waals surface area contributed by atoms with Gasteiger partial charge in [-0.1, -0.05) is 0 Å². The summed E-state index contributed by atoms with van der Waals surface area (Å²) in [6.07, 6.45) is 2.10. The van der Waals surface area contributed by atoms with Crippen molar-refractivity contribution >= 4 is 11.9 Å². The average Bonchev–Trinajstić information content (AvgIpc) is 2.70. The molecule has 0 bridgehead atoms. The van der Waals surface area contributed by atoms with Crippen molar-refractivity contribution in [3.05, 3.63) is 0 Å². The maximum Gasteiger partial charge on any atom is 0.328 e. The minimum atomic E-state index is -0.176. The van der Waals surface area contributed by atoms with E-state index in [1.807, 2.05) is 0 Å². The molecule has 72 valence electrons. The van der Waals surface area contributed by atoms with Crippen LogP contribution in [0.15, 0.2) is 0 Å². The highest BCUT2D eigenvalue weighted by molar-refractivity contribution is 6.01. The van der Waals surface area contributed by atoms with Crippen LogP contribution in [0.1, 0.15) is 12.8 Å². The van der Waals surface area contributed by atoms with Crippen molar-refractivity contribution in [2.75, 3.05) is 20.1 Å². The molecule has 5 nitrogen and oxygen atoms in total. The molecule has 0 radical (unpaired) electrons. The summed E-state index contributed by atoms with van der Waals surface area (Å²) in [7, 11) is 1.53. The molecule has 5 heteroatoms. The van der Waals surface area contributed by atoms with Crippen molar-refractivity contribution in [1.29, 1.82) is 0 Å². The van der Waals surface area contributed by atoms with E-state index in [0.29, 0.717) is 0 Å². The van der Waals surface area contributed by atoms with Crippen molar-refractivity contribution in [2.45, 2.75) is 19.0 Å². The maximum atomic E-state index is 11.5. The molecule has 1 unspecified atom stereocenters. The van der Waals surface area contributed by atoms with Crippen LogP contribution in [0.25, 0.3) is 0 Å². The first-order valence-corrected chi connectivity index (χ1v) is 4.50. The Morgan fingerprint density at radius 3 is 2.69 bits per heavy atom. The fourth-order valence-electron chi connectivity index (χ4n) is 1.79. The summed E-state index contributed by atoms with van der Waals surface area (Å²) >= 11 is 0. The highest BCUT2D eigenvalue weighted by atomic mass is 16.2. The standard InChI is InChI=1S/C8H13N3O2/c1-10-7(12)5-11(8(10)13)6-3-2-4-9-6/h6,9H,2-5H2,1H3. The molecule has 0 aromatic rings. The van der Waals surface area contributed by atoms with Gasteiger partial charge in [-0.25, -0.2) is 4.79 Å². The first kappa shape index (κ1) is 8.50. The second-order valence-corrected chi connectivity index (χ2v) is 3.48. The molecule has 0 aromatic heterocycles. The molecule has 2 fully saturated rings. The van der Waals surface area contributed by atoms with Gasteiger partial charge in [-0.3, -0.25) is 19.9 Å². The molecule has 1 atom stereocenters. The van der Waals surface area contributed by atoms with Crippen LogP contribution in [0.3, 0.4) is 0 Å². The van der Waals surface area contributed by atoms with Crippen molar-refractivity contribution in [3.63, 3.8) is 0 Å². The van der Waals surface area contributed by atoms with Crippen LogP contribution in [0.2, 0.25) is 0 Å². The molecule has 13 heavy (non-hydrogen) atoms. The second kappa shape index (κ2) is 2.99. The zero-order chi connectivity index (χ0) is 9.42. The minimum Gasteiger partial charge on any atom is -0.299 e. The quantitative estimate of drug-likeness (QED) is 0.562. The lowest BCUT2D eigenvalue weighted by Gasteiger charge is -2.22. The lowest BCUT2D eigenvalue weighted by molar-refractivity contribution is -0.124. The molecule has 0 aliphatic carbocycles. The van der Waals surface area contributed by atoms with Crippen LogP contribution >= 0.6 is 0 Å². The largest absolute Gasteiger partial charge is 0.328 e. The maximum absolute atomic E-state index is 11.5. The molecule has 2 rings (SSSR count). The molecular formula is C8H13N3O2. The van der Waals surface area contributed by atoms with E-state index in [4.69, 9.17) is 0 Å². The van der Waals surface area contributed by atoms with Crippen molar-refractivity contribution in [1.82, 2.24) is 15.1 Å². The number of hydrogen-bond donors (Lipinski definition) is 1. The summed E-state index contributed by atoms with van der Waals surface area (Å²) in [4.78, 5) is 25.5. The topological polar surface area (TPSA) is 52.7 Å². The number of likely N-dealkylation sites (N-methyl/N-ethyl adjacent to an activating group) is 1. The molecule has 2 heterocycles. The fraction of sp³-hybridized carbons (Fsp3) is 0.750. The number of urea groups is 1. The Bertz CT molecular complexity index is 248. The van der Waals surface area contributed by atoms with Crippen LogP contribution < -0.4 is 5.32 Å². The number of imide groups is 1. The first-order valence-electron chi connectivity index (χ1n) is 4.50. The number of rotatable bonds is 1. The SMILES string of the molecule is CN1C(=O)CN(C2CCCN2)C1=O. The highest BCUT2D eigenvalue weighted by Crippen LogP contribution is 2.16. The summed E-state index contributed by atoms with van der Waals surface area (Å²) in [5, 5.41) is 3.20. The molecule has 2 saturated heterocycles. The Balaban J connectivity index is 2.08. The van der Waals surface area contributed by atoms with Crippen LogP contribution in [0.4, 0.5) is 4.79 Å². The van der Waals surface area contributed by atoms with Crippen LogP contribution in [-0.2, 0) is 4.79 Å². The van der Waals surface area contributed by atoms with Gasteiger partial charge in [0.25, 0.3) is 0 Å². The molecule has 2 aliphatic heterocycles. The Labute approximate surface area is 76.7 Å². The third kappa shape index (κ3) is 1.29. The van der Waals surface area contributed by atoms with Gasteiger partial charge in [0.05, 0.1) is 6.17 Å². The number of amides is 3. The van der Waals surface area contributed by atoms with E-state index in [1.165, 1.54) is 11.9 Å². The molecular weight excluding hydrogens is 170 g/mol. The molecule has 0 saturated carbocycles. The molecule has 3 amide bonds. The Morgan fingerprint density at radius 1 is 1.46 bits per heavy atom. The predicted molar refractivity (Wildman–Crippen MR) is 45.9 cm³/mol. The number of carbonyl (C=O) groups is 2. The predicted octanol–water partition coefficient (Wildman–Crippen LogP) is -0.410. The normalized spacial score (nSPS) is 29.2. The van der Waals surface area contributed by atoms with E-state index in [9.17, 15) is 9.59 Å². The summed E-state index contributed by atoms with van der Waals surface area (Å²) in [5.41, 5.74) is 0. The van der Waals surface area contributed by atoms with E-state index in [-0.39, 0.29) is 24.6 Å². The van der Waals surface area contributed by atoms with Gasteiger partial charge in [0.2, 0.25) is 5.91 Å². The van der Waals surface area contributed by atoms with Gasteiger partial charge < -0.3 is 0 Å². The smallest absolute Gasteiger partial charge is 0.299 e. The van der Waals surface area contributed by atoms with Gasteiger partial charge in [-0.05, 0) is 19.4 Å². The summed E-state index contributed by atoms with van der Waals surface area (Å²) in [5.74, 6) is -0.112. The van der Waals surface area contributed by atoms with Gasteiger partial charge in [0.15, 0.2) is 0 Å². The molecule has 0 aromatic carbocycles. The molecule has 1 N–H and O–H groups in total. The van der Waals surface area contributed by atoms with E-state index in [2.05, 4.69) is 5.32 Å². The third-order valence-electron chi connectivity index (χ3n) is 2.62. The van der Waals surface area contributed by atoms with Gasteiger partial charge in [0, 0.05) is 7.05 Å². The first-order chi connectivity index (χ1) is 6.20. The Morgan fingerprint density at radius 2 is 2.23 bits per heavy atom. The van der Waals surface area contributed by atoms with E-state index in [1.54, 1.807) is 4.90 Å². The third-order valence-corrected chi connectivity index (χ3v) is 2.62. The lowest BCUT2D eigenvalue weighted by atomic mass is 10.3. The van der Waals surface area contributed by atoms with E-state index in [0.717, 1.165) is 19.4 Å². The lowest BCUT2D eigenvalue weighted by Crippen LogP contribution is -2.43. The van der Waals surface area contributed by atoms with Crippen molar-refractivity contribution < 1.29 is 9.59 Å². The average molecular weight is 183 g/mol. The number of carbonyl (C=O) groups excluding carboxylic acids is 2. The number of hydrogen-bond acceptors (Lipinski definition) is 3. The van der Waals surface area contributed by atoms with E-state index < -0.39 is 0 Å². The van der Waals surface area contributed by atoms with Gasteiger partial charge in [-0.15, -0.1) is 0 Å². The van der Waals surface area contributed by atoms with Crippen molar-refractivity contribution in [3.8, 4) is 0 Å². The Hall–Kier alpha value is -1.10. The summed E-state index contributed by atoms with van der Waals surface area (Å²) in [6, 6.07) is -0.176. The number of nitrogens with one attached hydrogen (secondary N) is 1. The monoisotopic (exact) mass is 183 g/mol.